The van der Waals surface area contributed by atoms with Crippen LogP contribution in [0, 0.1) is 5.82 Å². The Morgan fingerprint density at radius 2 is 2.05 bits per heavy atom. The maximum Gasteiger partial charge on any atom is 0.226 e. The third-order valence-electron chi connectivity index (χ3n) is 2.46. The molecular formula is C14H16FN3OS. The fourth-order valence-corrected chi connectivity index (χ4v) is 2.19. The molecule has 0 bridgehead atoms. The van der Waals surface area contributed by atoms with Crippen molar-refractivity contribution in [2.45, 2.75) is 13.0 Å². The molecule has 0 aliphatic rings. The summed E-state index contributed by atoms with van der Waals surface area (Å²) in [5, 5.41) is 3.20. The number of rotatable bonds is 6. The second-order valence-electron chi connectivity index (χ2n) is 4.28. The third kappa shape index (κ3) is 4.38. The summed E-state index contributed by atoms with van der Waals surface area (Å²) < 4.78 is 18.4. The average Bonchev–Trinajstić information content (AvgIpc) is 2.42. The molecule has 0 spiro atoms. The first-order chi connectivity index (χ1) is 9.67. The molecule has 1 aromatic carbocycles. The predicted molar refractivity (Wildman–Crippen MR) is 80.0 cm³/mol. The summed E-state index contributed by atoms with van der Waals surface area (Å²) in [5.41, 5.74) is 0. The van der Waals surface area contributed by atoms with E-state index < -0.39 is 0 Å². The van der Waals surface area contributed by atoms with Crippen molar-refractivity contribution in [2.24, 2.45) is 0 Å². The Balaban J connectivity index is 2.03. The lowest BCUT2D eigenvalue weighted by atomic mass is 10.3. The summed E-state index contributed by atoms with van der Waals surface area (Å²) in [6.45, 7) is 2.06. The molecule has 1 N–H and O–H groups in total. The molecule has 0 aliphatic carbocycles. The molecule has 0 amide bonds. The minimum atomic E-state index is -0.298. The van der Waals surface area contributed by atoms with Crippen LogP contribution in [0.2, 0.25) is 0 Å². The molecule has 1 heterocycles. The van der Waals surface area contributed by atoms with Crippen molar-refractivity contribution in [2.75, 3.05) is 17.3 Å². The maximum absolute atomic E-state index is 12.8. The minimum absolute atomic E-state index is 0.270. The van der Waals surface area contributed by atoms with Crippen LogP contribution < -0.4 is 10.1 Å². The average molecular weight is 293 g/mol. The van der Waals surface area contributed by atoms with Crippen LogP contribution in [0.3, 0.4) is 0 Å². The lowest BCUT2D eigenvalue weighted by Crippen LogP contribution is -2.19. The SMILES string of the molecule is CSCC(C)Nc1nccc(Oc2ccc(F)cc2)n1. The number of hydrogen-bond acceptors (Lipinski definition) is 5. The van der Waals surface area contributed by atoms with Crippen LogP contribution in [0.4, 0.5) is 10.3 Å². The highest BCUT2D eigenvalue weighted by atomic mass is 32.2. The number of ether oxygens (including phenoxy) is 1. The van der Waals surface area contributed by atoms with E-state index in [0.717, 1.165) is 5.75 Å². The highest BCUT2D eigenvalue weighted by molar-refractivity contribution is 7.98. The van der Waals surface area contributed by atoms with Crippen LogP contribution in [0.1, 0.15) is 6.92 Å². The van der Waals surface area contributed by atoms with Gasteiger partial charge in [-0.05, 0) is 37.4 Å². The first kappa shape index (κ1) is 14.6. The van der Waals surface area contributed by atoms with Crippen LogP contribution in [-0.4, -0.2) is 28.0 Å². The van der Waals surface area contributed by atoms with Gasteiger partial charge < -0.3 is 10.1 Å². The highest BCUT2D eigenvalue weighted by Gasteiger charge is 2.05. The van der Waals surface area contributed by atoms with Crippen LogP contribution in [0.15, 0.2) is 36.5 Å². The van der Waals surface area contributed by atoms with E-state index in [1.165, 1.54) is 12.1 Å². The molecule has 0 fully saturated rings. The number of nitrogens with zero attached hydrogens (tertiary/aromatic N) is 2. The molecule has 1 atom stereocenters. The summed E-state index contributed by atoms with van der Waals surface area (Å²) >= 11 is 1.75. The monoisotopic (exact) mass is 293 g/mol. The zero-order valence-corrected chi connectivity index (χ0v) is 12.2. The van der Waals surface area contributed by atoms with Crippen molar-refractivity contribution >= 4 is 17.7 Å². The van der Waals surface area contributed by atoms with Crippen molar-refractivity contribution in [3.05, 3.63) is 42.3 Å². The number of benzene rings is 1. The Morgan fingerprint density at radius 1 is 1.30 bits per heavy atom. The van der Waals surface area contributed by atoms with Gasteiger partial charge in [0.2, 0.25) is 11.8 Å². The van der Waals surface area contributed by atoms with Gasteiger partial charge in [-0.3, -0.25) is 0 Å². The molecule has 106 valence electrons. The number of anilines is 1. The number of halogens is 1. The Morgan fingerprint density at radius 3 is 2.75 bits per heavy atom. The van der Waals surface area contributed by atoms with Gasteiger partial charge in [-0.1, -0.05) is 0 Å². The molecule has 0 aliphatic heterocycles. The third-order valence-corrected chi connectivity index (χ3v) is 3.29. The van der Waals surface area contributed by atoms with Crippen molar-refractivity contribution in [1.82, 2.24) is 9.97 Å². The zero-order valence-electron chi connectivity index (χ0n) is 11.3. The van der Waals surface area contributed by atoms with Crippen LogP contribution >= 0.6 is 11.8 Å². The van der Waals surface area contributed by atoms with Gasteiger partial charge in [-0.15, -0.1) is 0 Å². The molecule has 6 heteroatoms. The number of nitrogens with one attached hydrogen (secondary N) is 1. The van der Waals surface area contributed by atoms with Crippen molar-refractivity contribution in [3.63, 3.8) is 0 Å². The molecule has 0 saturated carbocycles. The fraction of sp³-hybridized carbons (Fsp3) is 0.286. The van der Waals surface area contributed by atoms with Crippen LogP contribution in [0.25, 0.3) is 0 Å². The van der Waals surface area contributed by atoms with Crippen LogP contribution in [-0.2, 0) is 0 Å². The van der Waals surface area contributed by atoms with E-state index in [9.17, 15) is 4.39 Å². The molecule has 2 aromatic rings. The van der Waals surface area contributed by atoms with Gasteiger partial charge >= 0.3 is 0 Å². The molecule has 20 heavy (non-hydrogen) atoms. The fourth-order valence-electron chi connectivity index (χ4n) is 1.60. The standard InChI is InChI=1S/C14H16FN3OS/c1-10(9-20-2)17-14-16-8-7-13(18-14)19-12-5-3-11(15)4-6-12/h3-8,10H,9H2,1-2H3,(H,16,17,18). The van der Waals surface area contributed by atoms with Gasteiger partial charge in [-0.25, -0.2) is 9.37 Å². The topological polar surface area (TPSA) is 47.0 Å². The number of thioether (sulfide) groups is 1. The highest BCUT2D eigenvalue weighted by Crippen LogP contribution is 2.20. The Bertz CT molecular complexity index is 550. The Labute approximate surface area is 121 Å². The van der Waals surface area contributed by atoms with E-state index in [1.54, 1.807) is 36.2 Å². The first-order valence-corrected chi connectivity index (χ1v) is 7.58. The van der Waals surface area contributed by atoms with Gasteiger partial charge in [-0.2, -0.15) is 16.7 Å². The summed E-state index contributed by atoms with van der Waals surface area (Å²) in [5.74, 6) is 2.14. The van der Waals surface area contributed by atoms with E-state index in [1.807, 2.05) is 6.26 Å². The van der Waals surface area contributed by atoms with Gasteiger partial charge in [0.05, 0.1) is 0 Å². The van der Waals surface area contributed by atoms with Gasteiger partial charge in [0.15, 0.2) is 0 Å². The molecule has 0 saturated heterocycles. The lowest BCUT2D eigenvalue weighted by Gasteiger charge is -2.12. The van der Waals surface area contributed by atoms with E-state index in [2.05, 4.69) is 22.2 Å². The summed E-state index contributed by atoms with van der Waals surface area (Å²) in [7, 11) is 0. The normalized spacial score (nSPS) is 11.9. The van der Waals surface area contributed by atoms with Crippen molar-refractivity contribution < 1.29 is 9.13 Å². The molecule has 1 aromatic heterocycles. The smallest absolute Gasteiger partial charge is 0.226 e. The lowest BCUT2D eigenvalue weighted by molar-refractivity contribution is 0.460. The molecule has 2 rings (SSSR count). The number of hydrogen-bond donors (Lipinski definition) is 1. The Hall–Kier alpha value is -1.82. The second kappa shape index (κ2) is 7.09. The summed E-state index contributed by atoms with van der Waals surface area (Å²) in [4.78, 5) is 8.41. The molecule has 0 radical (unpaired) electrons. The number of aromatic nitrogens is 2. The van der Waals surface area contributed by atoms with E-state index >= 15 is 0 Å². The Kier molecular flexibility index (Phi) is 5.17. The van der Waals surface area contributed by atoms with Gasteiger partial charge in [0, 0.05) is 24.1 Å². The first-order valence-electron chi connectivity index (χ1n) is 6.19. The van der Waals surface area contributed by atoms with E-state index in [4.69, 9.17) is 4.74 Å². The predicted octanol–water partition coefficient (Wildman–Crippen LogP) is 3.57. The van der Waals surface area contributed by atoms with E-state index in [-0.39, 0.29) is 11.9 Å². The quantitative estimate of drug-likeness (QED) is 0.882. The zero-order chi connectivity index (χ0) is 14.4. The maximum atomic E-state index is 12.8. The van der Waals surface area contributed by atoms with Crippen molar-refractivity contribution in [3.8, 4) is 11.6 Å². The minimum Gasteiger partial charge on any atom is -0.439 e. The second-order valence-corrected chi connectivity index (χ2v) is 5.19. The van der Waals surface area contributed by atoms with E-state index in [0.29, 0.717) is 17.6 Å². The van der Waals surface area contributed by atoms with Crippen molar-refractivity contribution in [1.29, 1.82) is 0 Å². The molecule has 4 nitrogen and oxygen atoms in total. The van der Waals surface area contributed by atoms with Gasteiger partial charge in [0.1, 0.15) is 11.6 Å². The largest absolute Gasteiger partial charge is 0.439 e. The molecular weight excluding hydrogens is 277 g/mol. The molecule has 1 unspecified atom stereocenters. The summed E-state index contributed by atoms with van der Waals surface area (Å²) in [6, 6.07) is 7.73. The van der Waals surface area contributed by atoms with Crippen LogP contribution in [0.5, 0.6) is 11.6 Å². The van der Waals surface area contributed by atoms with Gasteiger partial charge in [0.25, 0.3) is 0 Å². The summed E-state index contributed by atoms with van der Waals surface area (Å²) in [6.07, 6.45) is 3.67.